The Balaban J connectivity index is 1.44. The topological polar surface area (TPSA) is 80.3 Å². The van der Waals surface area contributed by atoms with Gasteiger partial charge in [-0.2, -0.15) is 0 Å². The number of carbonyl (C=O) groups is 1. The average molecular weight is 434 g/mol. The highest BCUT2D eigenvalue weighted by molar-refractivity contribution is 5.67. The number of nitrogens with one attached hydrogen (secondary N) is 1. The molecule has 0 bridgehead atoms. The van der Waals surface area contributed by atoms with E-state index >= 15 is 0 Å². The van der Waals surface area contributed by atoms with Crippen molar-refractivity contribution in [2.24, 2.45) is 0 Å². The predicted octanol–water partition coefficient (Wildman–Crippen LogP) is 3.43. The molecule has 2 heterocycles. The van der Waals surface area contributed by atoms with Crippen LogP contribution in [0.1, 0.15) is 30.1 Å². The number of likely N-dealkylation sites (tertiary alicyclic amines) is 1. The van der Waals surface area contributed by atoms with E-state index in [1.165, 1.54) is 18.2 Å². The number of rotatable bonds is 7. The third-order valence-electron chi connectivity index (χ3n) is 5.32. The van der Waals surface area contributed by atoms with E-state index in [1.54, 1.807) is 0 Å². The van der Waals surface area contributed by atoms with Gasteiger partial charge in [-0.25, -0.2) is 4.79 Å². The van der Waals surface area contributed by atoms with Crippen LogP contribution in [0.3, 0.4) is 0 Å². The summed E-state index contributed by atoms with van der Waals surface area (Å²) in [6.45, 7) is 2.21. The zero-order valence-corrected chi connectivity index (χ0v) is 16.8. The first-order valence-electron chi connectivity index (χ1n) is 10.2. The van der Waals surface area contributed by atoms with Gasteiger partial charge in [0.1, 0.15) is 12.7 Å². The van der Waals surface area contributed by atoms with Gasteiger partial charge in [0, 0.05) is 6.54 Å². The Kier molecular flexibility index (Phi) is 6.24. The van der Waals surface area contributed by atoms with E-state index in [0.29, 0.717) is 12.1 Å². The van der Waals surface area contributed by atoms with Gasteiger partial charge in [0.2, 0.25) is 0 Å². The first-order chi connectivity index (χ1) is 14.9. The molecule has 2 aliphatic heterocycles. The molecule has 4 rings (SSSR count). The van der Waals surface area contributed by atoms with Crippen molar-refractivity contribution in [1.82, 2.24) is 10.2 Å². The summed E-state index contributed by atoms with van der Waals surface area (Å²) < 4.78 is 40.8. The molecule has 166 valence electrons. The molecule has 31 heavy (non-hydrogen) atoms. The molecule has 2 aliphatic rings. The maximum absolute atomic E-state index is 13.3. The van der Waals surface area contributed by atoms with E-state index in [1.807, 2.05) is 30.3 Å². The minimum atomic E-state index is -3.74. The molecule has 2 aromatic carbocycles. The smallest absolute Gasteiger partial charge is 0.445 e. The van der Waals surface area contributed by atoms with Crippen molar-refractivity contribution in [3.63, 3.8) is 0 Å². The molecule has 0 aliphatic carbocycles. The van der Waals surface area contributed by atoms with Crippen LogP contribution in [0.4, 0.5) is 13.6 Å². The van der Waals surface area contributed by atoms with Gasteiger partial charge in [0.25, 0.3) is 0 Å². The highest BCUT2D eigenvalue weighted by Gasteiger charge is 2.43. The van der Waals surface area contributed by atoms with Crippen molar-refractivity contribution in [2.75, 3.05) is 19.6 Å². The lowest BCUT2D eigenvalue weighted by Gasteiger charge is -2.28. The Hall–Kier alpha value is -2.91. The Morgan fingerprint density at radius 3 is 2.58 bits per heavy atom. The molecule has 0 radical (unpaired) electrons. The van der Waals surface area contributed by atoms with Crippen molar-refractivity contribution in [2.45, 2.75) is 37.9 Å². The standard InChI is InChI=1S/C22H24F2N2O5/c23-22(24)30-18-9-8-16(12-19(18)31-22)20(27)17(13-26-10-4-5-11-26)25-21(28)29-14-15-6-2-1-3-7-15/h1-3,6-9,12,17,20,27H,4-5,10-11,13-14H2,(H,25,28)/t17-,20-/m1/s1. The average Bonchev–Trinajstić information content (AvgIpc) is 3.37. The number of aliphatic hydroxyl groups excluding tert-OH is 1. The van der Waals surface area contributed by atoms with E-state index in [0.717, 1.165) is 31.5 Å². The summed E-state index contributed by atoms with van der Waals surface area (Å²) in [6.07, 6.45) is -3.48. The number of carbonyl (C=O) groups excluding carboxylic acids is 1. The first kappa shape index (κ1) is 21.3. The Morgan fingerprint density at radius 2 is 1.84 bits per heavy atom. The fourth-order valence-electron chi connectivity index (χ4n) is 3.77. The second-order valence-electron chi connectivity index (χ2n) is 7.64. The zero-order valence-electron chi connectivity index (χ0n) is 16.8. The fourth-order valence-corrected chi connectivity index (χ4v) is 3.77. The van der Waals surface area contributed by atoms with E-state index in [2.05, 4.69) is 19.7 Å². The highest BCUT2D eigenvalue weighted by Crippen LogP contribution is 2.42. The van der Waals surface area contributed by atoms with Gasteiger partial charge >= 0.3 is 12.4 Å². The van der Waals surface area contributed by atoms with Crippen molar-refractivity contribution in [3.05, 3.63) is 59.7 Å². The predicted molar refractivity (Wildman–Crippen MR) is 107 cm³/mol. The van der Waals surface area contributed by atoms with Gasteiger partial charge in [-0.15, -0.1) is 8.78 Å². The summed E-state index contributed by atoms with van der Waals surface area (Å²) in [7, 11) is 0. The van der Waals surface area contributed by atoms with Gasteiger partial charge < -0.3 is 29.5 Å². The number of alkyl carbamates (subject to hydrolysis) is 1. The van der Waals surface area contributed by atoms with Crippen LogP contribution >= 0.6 is 0 Å². The van der Waals surface area contributed by atoms with Crippen LogP contribution in [0, 0.1) is 0 Å². The van der Waals surface area contributed by atoms with Gasteiger partial charge in [0.15, 0.2) is 11.5 Å². The van der Waals surface area contributed by atoms with Gasteiger partial charge in [-0.3, -0.25) is 0 Å². The maximum Gasteiger partial charge on any atom is 0.586 e. The lowest BCUT2D eigenvalue weighted by atomic mass is 10.0. The molecule has 7 nitrogen and oxygen atoms in total. The summed E-state index contributed by atoms with van der Waals surface area (Å²) >= 11 is 0. The van der Waals surface area contributed by atoms with Crippen molar-refractivity contribution in [1.29, 1.82) is 0 Å². The van der Waals surface area contributed by atoms with Crippen molar-refractivity contribution in [3.8, 4) is 11.5 Å². The lowest BCUT2D eigenvalue weighted by Crippen LogP contribution is -2.46. The molecule has 0 saturated carbocycles. The third kappa shape index (κ3) is 5.42. The number of hydrogen-bond donors (Lipinski definition) is 2. The first-order valence-corrected chi connectivity index (χ1v) is 10.2. The van der Waals surface area contributed by atoms with Crippen LogP contribution < -0.4 is 14.8 Å². The van der Waals surface area contributed by atoms with Gasteiger partial charge in [0.05, 0.1) is 6.04 Å². The minimum Gasteiger partial charge on any atom is -0.445 e. The number of aliphatic hydroxyl groups is 1. The Bertz CT molecular complexity index is 906. The van der Waals surface area contributed by atoms with Crippen LogP contribution in [-0.2, 0) is 11.3 Å². The molecular weight excluding hydrogens is 410 g/mol. The molecule has 2 aromatic rings. The van der Waals surface area contributed by atoms with Crippen LogP contribution in [0.15, 0.2) is 48.5 Å². The molecule has 2 atom stereocenters. The molecule has 0 aromatic heterocycles. The minimum absolute atomic E-state index is 0.0955. The molecule has 0 unspecified atom stereocenters. The van der Waals surface area contributed by atoms with E-state index < -0.39 is 24.5 Å². The number of nitrogens with zero attached hydrogens (tertiary/aromatic N) is 1. The SMILES string of the molecule is O=C(N[C@H](CN1CCCC1)[C@H](O)c1ccc2c(c1)OC(F)(F)O2)OCc1ccccc1. The second-order valence-corrected chi connectivity index (χ2v) is 7.64. The summed E-state index contributed by atoms with van der Waals surface area (Å²) in [5.74, 6) is -0.264. The van der Waals surface area contributed by atoms with Crippen LogP contribution in [-0.4, -0.2) is 48.1 Å². The third-order valence-corrected chi connectivity index (χ3v) is 5.32. The largest absolute Gasteiger partial charge is 0.586 e. The van der Waals surface area contributed by atoms with Crippen LogP contribution in [0.5, 0.6) is 11.5 Å². The molecule has 0 spiro atoms. The number of ether oxygens (including phenoxy) is 3. The summed E-state index contributed by atoms with van der Waals surface area (Å²) in [5, 5.41) is 13.7. The van der Waals surface area contributed by atoms with Crippen molar-refractivity contribution >= 4 is 6.09 Å². The fraction of sp³-hybridized carbons (Fsp3) is 0.409. The van der Waals surface area contributed by atoms with E-state index in [4.69, 9.17) is 4.74 Å². The number of fused-ring (bicyclic) bond motifs is 1. The summed E-state index contributed by atoms with van der Waals surface area (Å²) in [5.41, 5.74) is 1.17. The number of halogens is 2. The number of hydrogen-bond acceptors (Lipinski definition) is 6. The molecule has 1 saturated heterocycles. The molecular formula is C22H24F2N2O5. The number of benzene rings is 2. The normalized spacial score (nSPS) is 19.1. The highest BCUT2D eigenvalue weighted by atomic mass is 19.3. The Morgan fingerprint density at radius 1 is 1.13 bits per heavy atom. The monoisotopic (exact) mass is 434 g/mol. The summed E-state index contributed by atoms with van der Waals surface area (Å²) in [4.78, 5) is 14.5. The number of amides is 1. The summed E-state index contributed by atoms with van der Waals surface area (Å²) in [6, 6.07) is 12.6. The van der Waals surface area contributed by atoms with E-state index in [-0.39, 0.29) is 18.1 Å². The van der Waals surface area contributed by atoms with Crippen molar-refractivity contribution < 1.29 is 32.9 Å². The second kappa shape index (κ2) is 9.07. The molecule has 9 heteroatoms. The van der Waals surface area contributed by atoms with Crippen LogP contribution in [0.2, 0.25) is 0 Å². The zero-order chi connectivity index (χ0) is 21.8. The molecule has 1 fully saturated rings. The van der Waals surface area contributed by atoms with Gasteiger partial charge in [-0.05, 0) is 49.2 Å². The lowest BCUT2D eigenvalue weighted by molar-refractivity contribution is -0.286. The number of alkyl halides is 2. The maximum atomic E-state index is 13.3. The Labute approximate surface area is 178 Å². The molecule has 2 N–H and O–H groups in total. The quantitative estimate of drug-likeness (QED) is 0.695. The van der Waals surface area contributed by atoms with Crippen LogP contribution in [0.25, 0.3) is 0 Å². The molecule has 1 amide bonds. The van der Waals surface area contributed by atoms with Gasteiger partial charge in [-0.1, -0.05) is 36.4 Å². The van der Waals surface area contributed by atoms with E-state index in [9.17, 15) is 18.7 Å².